The molecule has 0 N–H and O–H groups in total. The molecule has 0 spiro atoms. The third kappa shape index (κ3) is 5.51. The van der Waals surface area contributed by atoms with Gasteiger partial charge in [0.1, 0.15) is 10.8 Å². The Hall–Kier alpha value is -2.49. The minimum atomic E-state index is 0.718. The number of benzene rings is 3. The minimum absolute atomic E-state index is 0.718. The van der Waals surface area contributed by atoms with Crippen LogP contribution in [0.3, 0.4) is 0 Å². The van der Waals surface area contributed by atoms with Crippen LogP contribution in [0.25, 0.3) is 0 Å². The van der Waals surface area contributed by atoms with Crippen LogP contribution in [0.5, 0.6) is 5.75 Å². The lowest BCUT2D eigenvalue weighted by Crippen LogP contribution is -1.97. The molecule has 0 bridgehead atoms. The van der Waals surface area contributed by atoms with Gasteiger partial charge >= 0.3 is 0 Å². The van der Waals surface area contributed by atoms with Crippen LogP contribution in [0.15, 0.2) is 107 Å². The number of hydrogen-bond donors (Lipinski definition) is 0. The maximum absolute atomic E-state index is 5.99. The van der Waals surface area contributed by atoms with E-state index >= 15 is 0 Å². The summed E-state index contributed by atoms with van der Waals surface area (Å²) in [6.45, 7) is 1.99. The first-order valence-corrected chi connectivity index (χ1v) is 9.36. The van der Waals surface area contributed by atoms with E-state index < -0.39 is 0 Å². The van der Waals surface area contributed by atoms with Crippen molar-refractivity contribution in [1.82, 2.24) is 0 Å². The number of nitrogens with zero attached hydrogens (tertiary/aromatic N) is 1. The number of aliphatic imine (C=N–C) groups is 1. The monoisotopic (exact) mass is 379 g/mol. The second kappa shape index (κ2) is 9.27. The van der Waals surface area contributed by atoms with Gasteiger partial charge in [-0.15, -0.1) is 0 Å². The molecule has 130 valence electrons. The first-order chi connectivity index (χ1) is 12.7. The fraction of sp³-hybridized carbons (Fsp3) is 0.0455. The van der Waals surface area contributed by atoms with Crippen molar-refractivity contribution in [1.29, 1.82) is 0 Å². The molecular formula is C22H18ClNOS. The van der Waals surface area contributed by atoms with Gasteiger partial charge in [-0.25, -0.2) is 4.99 Å². The number of rotatable bonds is 5. The van der Waals surface area contributed by atoms with Gasteiger partial charge in [0.25, 0.3) is 0 Å². The molecule has 2 nitrogen and oxygen atoms in total. The van der Waals surface area contributed by atoms with E-state index in [0.29, 0.717) is 0 Å². The molecule has 3 aromatic rings. The Morgan fingerprint density at radius 2 is 1.50 bits per heavy atom. The van der Waals surface area contributed by atoms with Gasteiger partial charge < -0.3 is 4.74 Å². The molecule has 3 aromatic carbocycles. The van der Waals surface area contributed by atoms with E-state index in [1.165, 1.54) is 0 Å². The largest absolute Gasteiger partial charge is 0.465 e. The average molecular weight is 380 g/mol. The van der Waals surface area contributed by atoms with Crippen LogP contribution in [0.2, 0.25) is 5.02 Å². The summed E-state index contributed by atoms with van der Waals surface area (Å²) in [4.78, 5) is 5.85. The molecular weight excluding hydrogens is 362 g/mol. The third-order valence-corrected chi connectivity index (χ3v) is 4.83. The average Bonchev–Trinajstić information content (AvgIpc) is 2.69. The predicted octanol–water partition coefficient (Wildman–Crippen LogP) is 7.15. The molecule has 0 atom stereocenters. The molecule has 0 heterocycles. The number of para-hydroxylation sites is 2. The maximum Gasteiger partial charge on any atom is 0.126 e. The van der Waals surface area contributed by atoms with E-state index in [1.54, 1.807) is 18.0 Å². The molecule has 0 aliphatic rings. The normalized spacial score (nSPS) is 12.1. The molecule has 0 saturated heterocycles. The Bertz CT molecular complexity index is 890. The Morgan fingerprint density at radius 1 is 0.885 bits per heavy atom. The Morgan fingerprint density at radius 3 is 2.15 bits per heavy atom. The highest BCUT2D eigenvalue weighted by Crippen LogP contribution is 2.27. The van der Waals surface area contributed by atoms with E-state index in [-0.39, 0.29) is 0 Å². The molecule has 0 aliphatic heterocycles. The summed E-state index contributed by atoms with van der Waals surface area (Å²) in [6, 6.07) is 27.3. The standard InChI is InChI=1S/C22H18ClNOS/c1-17(16-25-20-10-6-3-7-11-20)22(24-19-8-4-2-5-9-19)26-21-14-12-18(23)13-15-21/h2-16H,1H3. The molecule has 26 heavy (non-hydrogen) atoms. The van der Waals surface area contributed by atoms with Gasteiger partial charge in [0.15, 0.2) is 0 Å². The lowest BCUT2D eigenvalue weighted by Gasteiger charge is -2.08. The second-order valence-corrected chi connectivity index (χ2v) is 7.04. The van der Waals surface area contributed by atoms with E-state index in [2.05, 4.69) is 0 Å². The smallest absolute Gasteiger partial charge is 0.126 e. The van der Waals surface area contributed by atoms with Crippen molar-refractivity contribution in [2.75, 3.05) is 0 Å². The summed E-state index contributed by atoms with van der Waals surface area (Å²) in [6.07, 6.45) is 1.74. The molecule has 0 unspecified atom stereocenters. The number of thioether (sulfide) groups is 1. The number of halogens is 1. The van der Waals surface area contributed by atoms with Crippen LogP contribution >= 0.6 is 23.4 Å². The highest BCUT2D eigenvalue weighted by atomic mass is 35.5. The Kier molecular flexibility index (Phi) is 6.53. The van der Waals surface area contributed by atoms with Gasteiger partial charge in [-0.3, -0.25) is 0 Å². The zero-order chi connectivity index (χ0) is 18.2. The predicted molar refractivity (Wildman–Crippen MR) is 112 cm³/mol. The van der Waals surface area contributed by atoms with Crippen LogP contribution in [0.4, 0.5) is 5.69 Å². The molecule has 3 rings (SSSR count). The van der Waals surface area contributed by atoms with E-state index in [1.807, 2.05) is 91.9 Å². The minimum Gasteiger partial charge on any atom is -0.465 e. The van der Waals surface area contributed by atoms with Crippen LogP contribution in [-0.2, 0) is 0 Å². The molecule has 0 saturated carbocycles. The Balaban J connectivity index is 1.86. The van der Waals surface area contributed by atoms with Crippen molar-refractivity contribution in [3.8, 4) is 5.75 Å². The van der Waals surface area contributed by atoms with Crippen molar-refractivity contribution in [3.63, 3.8) is 0 Å². The summed E-state index contributed by atoms with van der Waals surface area (Å²) in [5, 5.41) is 1.59. The summed E-state index contributed by atoms with van der Waals surface area (Å²) < 4.78 is 5.77. The second-order valence-electron chi connectivity index (χ2n) is 5.54. The zero-order valence-corrected chi connectivity index (χ0v) is 15.9. The molecule has 0 radical (unpaired) electrons. The van der Waals surface area contributed by atoms with E-state index in [0.717, 1.165) is 32.0 Å². The first-order valence-electron chi connectivity index (χ1n) is 8.17. The first kappa shape index (κ1) is 18.3. The summed E-state index contributed by atoms with van der Waals surface area (Å²) >= 11 is 7.57. The maximum atomic E-state index is 5.99. The molecule has 0 aromatic heterocycles. The van der Waals surface area contributed by atoms with Gasteiger partial charge in [0.2, 0.25) is 0 Å². The van der Waals surface area contributed by atoms with E-state index in [9.17, 15) is 0 Å². The molecule has 0 amide bonds. The molecule has 4 heteroatoms. The molecule has 0 fully saturated rings. The fourth-order valence-electron chi connectivity index (χ4n) is 2.13. The highest BCUT2D eigenvalue weighted by Gasteiger charge is 2.07. The zero-order valence-electron chi connectivity index (χ0n) is 14.3. The van der Waals surface area contributed by atoms with Gasteiger partial charge in [-0.2, -0.15) is 0 Å². The number of hydrogen-bond acceptors (Lipinski definition) is 3. The third-order valence-electron chi connectivity index (χ3n) is 3.47. The van der Waals surface area contributed by atoms with Crippen LogP contribution in [-0.4, -0.2) is 5.04 Å². The van der Waals surface area contributed by atoms with Gasteiger partial charge in [-0.1, -0.05) is 59.8 Å². The van der Waals surface area contributed by atoms with Crippen molar-refractivity contribution in [2.45, 2.75) is 11.8 Å². The topological polar surface area (TPSA) is 21.6 Å². The highest BCUT2D eigenvalue weighted by molar-refractivity contribution is 8.14. The van der Waals surface area contributed by atoms with E-state index in [4.69, 9.17) is 21.3 Å². The van der Waals surface area contributed by atoms with Gasteiger partial charge in [0.05, 0.1) is 11.9 Å². The quantitative estimate of drug-likeness (QED) is 0.203. The number of ether oxygens (including phenoxy) is 1. The lowest BCUT2D eigenvalue weighted by molar-refractivity contribution is 0.478. The van der Waals surface area contributed by atoms with Crippen molar-refractivity contribution in [2.24, 2.45) is 4.99 Å². The van der Waals surface area contributed by atoms with Crippen molar-refractivity contribution >= 4 is 34.1 Å². The van der Waals surface area contributed by atoms with Crippen molar-refractivity contribution < 1.29 is 4.74 Å². The summed E-state index contributed by atoms with van der Waals surface area (Å²) in [5.41, 5.74) is 1.84. The molecule has 0 aliphatic carbocycles. The summed E-state index contributed by atoms with van der Waals surface area (Å²) in [5.74, 6) is 0.794. The summed E-state index contributed by atoms with van der Waals surface area (Å²) in [7, 11) is 0. The van der Waals surface area contributed by atoms with Crippen LogP contribution < -0.4 is 4.74 Å². The van der Waals surface area contributed by atoms with Crippen LogP contribution in [0, 0.1) is 0 Å². The lowest BCUT2D eigenvalue weighted by atomic mass is 10.3. The van der Waals surface area contributed by atoms with Gasteiger partial charge in [0, 0.05) is 15.5 Å². The van der Waals surface area contributed by atoms with Gasteiger partial charge in [-0.05, 0) is 55.5 Å². The van der Waals surface area contributed by atoms with Crippen molar-refractivity contribution in [3.05, 3.63) is 102 Å². The van der Waals surface area contributed by atoms with Crippen LogP contribution in [0.1, 0.15) is 6.92 Å². The SMILES string of the molecule is CC(=COc1ccccc1)C(=Nc1ccccc1)Sc1ccc(Cl)cc1. The fourth-order valence-corrected chi connectivity index (χ4v) is 3.11. The Labute approximate surface area is 163 Å².